The van der Waals surface area contributed by atoms with Crippen LogP contribution in [0.4, 0.5) is 0 Å². The number of carbonyl (C=O) groups excluding carboxylic acids is 5. The molecule has 4 rings (SSSR count). The van der Waals surface area contributed by atoms with Gasteiger partial charge in [0.05, 0.1) is 12.0 Å². The number of ether oxygens (including phenoxy) is 6. The van der Waals surface area contributed by atoms with E-state index in [1.807, 2.05) is 0 Å². The van der Waals surface area contributed by atoms with Crippen molar-refractivity contribution in [1.82, 2.24) is 0 Å². The molecule has 0 aromatic heterocycles. The molecule has 3 atom stereocenters. The van der Waals surface area contributed by atoms with Crippen LogP contribution in [0.15, 0.2) is 24.3 Å². The molecule has 2 aliphatic rings. The first-order valence-electron chi connectivity index (χ1n) is 12.3. The predicted octanol–water partition coefficient (Wildman–Crippen LogP) is 3.31. The summed E-state index contributed by atoms with van der Waals surface area (Å²) >= 11 is 0. The summed E-state index contributed by atoms with van der Waals surface area (Å²) in [5.41, 5.74) is -0.819. The van der Waals surface area contributed by atoms with Gasteiger partial charge in [-0.25, -0.2) is 0 Å². The molecule has 0 aliphatic carbocycles. The zero-order valence-electron chi connectivity index (χ0n) is 22.7. The van der Waals surface area contributed by atoms with Gasteiger partial charge in [-0.3, -0.25) is 24.0 Å². The Morgan fingerprint density at radius 2 is 1.48 bits per heavy atom. The number of rotatable bonds is 6. The average molecular weight is 557 g/mol. The molecule has 0 amide bonds. The van der Waals surface area contributed by atoms with Gasteiger partial charge in [0.25, 0.3) is 0 Å². The molecule has 2 heterocycles. The average Bonchev–Trinajstić information content (AvgIpc) is 3.16. The van der Waals surface area contributed by atoms with Crippen LogP contribution in [-0.4, -0.2) is 46.5 Å². The highest BCUT2D eigenvalue weighted by atomic mass is 16.6. The number of aliphatic hydroxyl groups is 1. The second-order valence-electron chi connectivity index (χ2n) is 9.97. The summed E-state index contributed by atoms with van der Waals surface area (Å²) in [5, 5.41) is 10.7. The fourth-order valence-corrected chi connectivity index (χ4v) is 4.62. The summed E-state index contributed by atoms with van der Waals surface area (Å²) in [4.78, 5) is 60.4. The monoisotopic (exact) mass is 556 g/mol. The van der Waals surface area contributed by atoms with Gasteiger partial charge >= 0.3 is 23.9 Å². The molecule has 0 radical (unpaired) electrons. The van der Waals surface area contributed by atoms with Crippen LogP contribution < -0.4 is 23.7 Å². The van der Waals surface area contributed by atoms with Crippen molar-refractivity contribution in [2.75, 3.05) is 0 Å². The zero-order chi connectivity index (χ0) is 29.5. The lowest BCUT2D eigenvalue weighted by atomic mass is 9.91. The van der Waals surface area contributed by atoms with Gasteiger partial charge in [0.1, 0.15) is 28.9 Å². The van der Waals surface area contributed by atoms with Gasteiger partial charge < -0.3 is 33.5 Å². The SMILES string of the molecule is CC(=O)Oc1cc(OC(C)=O)c2c(c1)O[C@@H](c1cc(OC(C)=O)c3c(c1)[C@H](OC(C)=O)[C@H](C(C)(C)O)O3)CC2=O. The fourth-order valence-electron chi connectivity index (χ4n) is 4.62. The molecule has 2 aliphatic heterocycles. The highest BCUT2D eigenvalue weighted by molar-refractivity contribution is 6.03. The standard InChI is InChI=1S/C28H28O12/c1-12(29)35-17-9-21(36-13(2)30)24-19(33)11-20(39-22(24)10-17)16-7-18-25(23(8-16)37-14(3)31)40-27(28(5,6)34)26(18)38-15(4)32/h7-10,20,26-27,34H,11H2,1-6H3/t20-,26+,27-/m1/s1. The van der Waals surface area contributed by atoms with Gasteiger partial charge in [-0.2, -0.15) is 0 Å². The van der Waals surface area contributed by atoms with Crippen LogP contribution in [0.25, 0.3) is 0 Å². The topological polar surface area (TPSA) is 161 Å². The Hall–Kier alpha value is -4.45. The second kappa shape index (κ2) is 10.6. The molecule has 40 heavy (non-hydrogen) atoms. The van der Waals surface area contributed by atoms with Crippen LogP contribution in [0, 0.1) is 0 Å². The molecule has 12 heteroatoms. The third-order valence-corrected chi connectivity index (χ3v) is 6.02. The minimum absolute atomic E-state index is 0.00654. The third-order valence-electron chi connectivity index (χ3n) is 6.02. The maximum atomic E-state index is 13.3. The molecular formula is C28H28O12. The molecule has 0 bridgehead atoms. The maximum absolute atomic E-state index is 13.3. The number of benzene rings is 2. The van der Waals surface area contributed by atoms with Crippen LogP contribution in [0.3, 0.4) is 0 Å². The second-order valence-corrected chi connectivity index (χ2v) is 9.97. The normalized spacial score (nSPS) is 19.4. The Labute approximate surface area is 229 Å². The van der Waals surface area contributed by atoms with Gasteiger partial charge in [-0.15, -0.1) is 0 Å². The fraction of sp³-hybridized carbons (Fsp3) is 0.393. The maximum Gasteiger partial charge on any atom is 0.308 e. The number of hydrogen-bond donors (Lipinski definition) is 1. The van der Waals surface area contributed by atoms with E-state index in [1.165, 1.54) is 52.8 Å². The van der Waals surface area contributed by atoms with E-state index in [0.717, 1.165) is 6.92 Å². The first-order valence-corrected chi connectivity index (χ1v) is 12.3. The molecule has 0 spiro atoms. The van der Waals surface area contributed by atoms with Crippen LogP contribution in [0.2, 0.25) is 0 Å². The van der Waals surface area contributed by atoms with Gasteiger partial charge in [0.15, 0.2) is 29.5 Å². The summed E-state index contributed by atoms with van der Waals surface area (Å²) in [7, 11) is 0. The smallest absolute Gasteiger partial charge is 0.308 e. The number of ketones is 1. The molecule has 0 saturated carbocycles. The summed E-state index contributed by atoms with van der Waals surface area (Å²) < 4.78 is 33.2. The summed E-state index contributed by atoms with van der Waals surface area (Å²) in [5.74, 6) is -3.16. The van der Waals surface area contributed by atoms with Gasteiger partial charge in [0, 0.05) is 45.4 Å². The molecule has 12 nitrogen and oxygen atoms in total. The van der Waals surface area contributed by atoms with Crippen LogP contribution >= 0.6 is 0 Å². The predicted molar refractivity (Wildman–Crippen MR) is 134 cm³/mol. The molecule has 2 aromatic rings. The Morgan fingerprint density at radius 3 is 2.05 bits per heavy atom. The Kier molecular flexibility index (Phi) is 7.57. The summed E-state index contributed by atoms with van der Waals surface area (Å²) in [6.07, 6.45) is -3.26. The van der Waals surface area contributed by atoms with E-state index in [4.69, 9.17) is 28.4 Å². The van der Waals surface area contributed by atoms with Crippen LogP contribution in [0.1, 0.15) is 81.7 Å². The minimum atomic E-state index is -1.47. The van der Waals surface area contributed by atoms with Crippen molar-refractivity contribution in [1.29, 1.82) is 0 Å². The highest BCUT2D eigenvalue weighted by Gasteiger charge is 2.47. The van der Waals surface area contributed by atoms with E-state index in [-0.39, 0.29) is 40.7 Å². The molecule has 0 unspecified atom stereocenters. The van der Waals surface area contributed by atoms with Crippen molar-refractivity contribution in [2.45, 2.75) is 71.9 Å². The van der Waals surface area contributed by atoms with E-state index in [0.29, 0.717) is 11.1 Å². The molecule has 0 saturated heterocycles. The van der Waals surface area contributed by atoms with Crippen molar-refractivity contribution in [3.05, 3.63) is 41.0 Å². The highest BCUT2D eigenvalue weighted by Crippen LogP contribution is 2.51. The van der Waals surface area contributed by atoms with Crippen molar-refractivity contribution < 1.29 is 57.5 Å². The number of hydrogen-bond acceptors (Lipinski definition) is 12. The van der Waals surface area contributed by atoms with E-state index in [2.05, 4.69) is 0 Å². The minimum Gasteiger partial charge on any atom is -0.484 e. The Bertz CT molecular complexity index is 1420. The molecule has 212 valence electrons. The third kappa shape index (κ3) is 5.91. The zero-order valence-corrected chi connectivity index (χ0v) is 22.7. The van der Waals surface area contributed by atoms with E-state index >= 15 is 0 Å². The number of fused-ring (bicyclic) bond motifs is 2. The summed E-state index contributed by atoms with van der Waals surface area (Å²) in [6, 6.07) is 5.59. The summed E-state index contributed by atoms with van der Waals surface area (Å²) in [6.45, 7) is 7.70. The van der Waals surface area contributed by atoms with Crippen LogP contribution in [-0.2, 0) is 23.9 Å². The molecule has 0 fully saturated rings. The Balaban J connectivity index is 1.82. The number of esters is 4. The van der Waals surface area contributed by atoms with Crippen molar-refractivity contribution in [3.8, 4) is 28.7 Å². The van der Waals surface area contributed by atoms with Gasteiger partial charge in [-0.05, 0) is 31.5 Å². The lowest BCUT2D eigenvalue weighted by molar-refractivity contribution is -0.157. The van der Waals surface area contributed by atoms with Crippen molar-refractivity contribution in [3.63, 3.8) is 0 Å². The quantitative estimate of drug-likeness (QED) is 0.409. The largest absolute Gasteiger partial charge is 0.484 e. The number of carbonyl (C=O) groups is 5. The van der Waals surface area contributed by atoms with E-state index < -0.39 is 53.6 Å². The van der Waals surface area contributed by atoms with E-state index in [9.17, 15) is 29.1 Å². The van der Waals surface area contributed by atoms with Crippen molar-refractivity contribution in [2.24, 2.45) is 0 Å². The lowest BCUT2D eigenvalue weighted by Crippen LogP contribution is -2.42. The van der Waals surface area contributed by atoms with E-state index in [1.54, 1.807) is 6.07 Å². The Morgan fingerprint density at radius 1 is 0.850 bits per heavy atom. The molecular weight excluding hydrogens is 528 g/mol. The lowest BCUT2D eigenvalue weighted by Gasteiger charge is -2.29. The molecule has 2 aromatic carbocycles. The number of Topliss-reactive ketones (excluding diaryl/α,β-unsaturated/α-hetero) is 1. The van der Waals surface area contributed by atoms with Crippen LogP contribution in [0.5, 0.6) is 28.7 Å². The van der Waals surface area contributed by atoms with Gasteiger partial charge in [0.2, 0.25) is 0 Å². The van der Waals surface area contributed by atoms with Crippen molar-refractivity contribution >= 4 is 29.7 Å². The molecule has 1 N–H and O–H groups in total. The van der Waals surface area contributed by atoms with Gasteiger partial charge in [-0.1, -0.05) is 0 Å². The first kappa shape index (κ1) is 28.6. The first-order chi connectivity index (χ1) is 18.6.